The molecule has 2 aliphatic rings. The Morgan fingerprint density at radius 3 is 2.70 bits per heavy atom. The minimum Gasteiger partial charge on any atom is -0.371 e. The predicted octanol–water partition coefficient (Wildman–Crippen LogP) is 0.566. The van der Waals surface area contributed by atoms with E-state index in [9.17, 15) is 18.8 Å². The number of H-pyrrole nitrogens is 1. The van der Waals surface area contributed by atoms with Crippen LogP contribution < -0.4 is 16.6 Å². The van der Waals surface area contributed by atoms with Crippen molar-refractivity contribution in [2.75, 3.05) is 13.2 Å². The van der Waals surface area contributed by atoms with Crippen LogP contribution in [0.5, 0.6) is 0 Å². The minimum absolute atomic E-state index is 0.0635. The molecule has 0 aliphatic carbocycles. The van der Waals surface area contributed by atoms with Gasteiger partial charge in [0.05, 0.1) is 18.2 Å². The number of nitrogens with zero attached hydrogens (tertiary/aromatic N) is 1. The summed E-state index contributed by atoms with van der Waals surface area (Å²) < 4.78 is 33.1. The first-order chi connectivity index (χ1) is 14.2. The molecular formula is C20H22FN3O6. The summed E-state index contributed by atoms with van der Waals surface area (Å²) in [7, 11) is 0. The summed E-state index contributed by atoms with van der Waals surface area (Å²) in [6, 6.07) is 6.41. The van der Waals surface area contributed by atoms with E-state index in [1.807, 2.05) is 0 Å². The molecule has 4 rings (SSSR count). The van der Waals surface area contributed by atoms with Crippen LogP contribution >= 0.6 is 0 Å². The Morgan fingerprint density at radius 1 is 1.23 bits per heavy atom. The fourth-order valence-corrected chi connectivity index (χ4v) is 3.85. The first kappa shape index (κ1) is 20.5. The van der Waals surface area contributed by atoms with E-state index in [4.69, 9.17) is 14.2 Å². The van der Waals surface area contributed by atoms with E-state index in [0.29, 0.717) is 0 Å². The van der Waals surface area contributed by atoms with Crippen molar-refractivity contribution in [2.45, 2.75) is 44.0 Å². The maximum atomic E-state index is 13.8. The molecule has 9 nitrogen and oxygen atoms in total. The third-order valence-corrected chi connectivity index (χ3v) is 5.18. The number of amides is 1. The van der Waals surface area contributed by atoms with Gasteiger partial charge in [0.1, 0.15) is 24.1 Å². The van der Waals surface area contributed by atoms with Crippen molar-refractivity contribution in [1.29, 1.82) is 0 Å². The summed E-state index contributed by atoms with van der Waals surface area (Å²) in [5.74, 6) is -2.11. The second kappa shape index (κ2) is 7.78. The molecule has 2 fully saturated rings. The van der Waals surface area contributed by atoms with Gasteiger partial charge >= 0.3 is 5.69 Å². The summed E-state index contributed by atoms with van der Waals surface area (Å²) in [4.78, 5) is 38.2. The number of hydrogen-bond donors (Lipinski definition) is 2. The van der Waals surface area contributed by atoms with Crippen molar-refractivity contribution in [1.82, 2.24) is 14.9 Å². The van der Waals surface area contributed by atoms with Gasteiger partial charge in [-0.3, -0.25) is 19.1 Å². The van der Waals surface area contributed by atoms with E-state index >= 15 is 0 Å². The zero-order valence-electron chi connectivity index (χ0n) is 16.5. The molecule has 0 saturated carbocycles. The molecule has 3 heterocycles. The fraction of sp³-hybridized carbons (Fsp3) is 0.450. The smallest absolute Gasteiger partial charge is 0.328 e. The van der Waals surface area contributed by atoms with Gasteiger partial charge in [-0.15, -0.1) is 0 Å². The van der Waals surface area contributed by atoms with Crippen molar-refractivity contribution in [3.05, 3.63) is 68.7 Å². The molecule has 1 aromatic heterocycles. The van der Waals surface area contributed by atoms with Crippen LogP contribution in [-0.2, 0) is 14.2 Å². The molecule has 2 N–H and O–H groups in total. The Kier molecular flexibility index (Phi) is 5.31. The molecular weight excluding hydrogens is 397 g/mol. The largest absolute Gasteiger partial charge is 0.371 e. The molecule has 0 spiro atoms. The highest BCUT2D eigenvalue weighted by Crippen LogP contribution is 2.39. The van der Waals surface area contributed by atoms with E-state index in [0.717, 1.165) is 0 Å². The fourth-order valence-electron chi connectivity index (χ4n) is 3.85. The topological polar surface area (TPSA) is 112 Å². The summed E-state index contributed by atoms with van der Waals surface area (Å²) in [5.41, 5.74) is -1.14. The van der Waals surface area contributed by atoms with Crippen molar-refractivity contribution in [2.24, 2.45) is 0 Å². The van der Waals surface area contributed by atoms with Gasteiger partial charge in [-0.05, 0) is 26.0 Å². The number of hydrogen-bond acceptors (Lipinski definition) is 6. The number of carbonyl (C=O) groups is 1. The minimum atomic E-state index is -0.930. The van der Waals surface area contributed by atoms with Crippen LogP contribution in [0.3, 0.4) is 0 Å². The van der Waals surface area contributed by atoms with Crippen LogP contribution in [-0.4, -0.2) is 52.7 Å². The summed E-state index contributed by atoms with van der Waals surface area (Å²) in [6.45, 7) is 3.66. The van der Waals surface area contributed by atoms with Crippen LogP contribution in [0.25, 0.3) is 0 Å². The number of aromatic nitrogens is 2. The zero-order valence-corrected chi connectivity index (χ0v) is 16.5. The Hall–Kier alpha value is -2.82. The lowest BCUT2D eigenvalue weighted by molar-refractivity contribution is -0.153. The lowest BCUT2D eigenvalue weighted by Crippen LogP contribution is -2.54. The van der Waals surface area contributed by atoms with Crippen LogP contribution in [0.4, 0.5) is 4.39 Å². The third-order valence-electron chi connectivity index (χ3n) is 5.18. The van der Waals surface area contributed by atoms with E-state index in [2.05, 4.69) is 10.3 Å². The van der Waals surface area contributed by atoms with E-state index < -0.39 is 53.1 Å². The lowest BCUT2D eigenvalue weighted by atomic mass is 9.97. The average molecular weight is 419 g/mol. The molecule has 2 saturated heterocycles. The Labute approximate surface area is 170 Å². The van der Waals surface area contributed by atoms with Gasteiger partial charge in [0, 0.05) is 18.8 Å². The van der Waals surface area contributed by atoms with Crippen LogP contribution in [0, 0.1) is 5.82 Å². The summed E-state index contributed by atoms with van der Waals surface area (Å²) in [5, 5.41) is 2.67. The Bertz CT molecular complexity index is 1060. The highest BCUT2D eigenvalue weighted by atomic mass is 19.1. The van der Waals surface area contributed by atoms with Crippen LogP contribution in [0.1, 0.15) is 30.2 Å². The normalized spacial score (nSPS) is 27.4. The Balaban J connectivity index is 1.52. The number of aromatic amines is 1. The molecule has 160 valence electrons. The molecule has 1 aromatic carbocycles. The standard InChI is InChI=1S/C20H22FN3O6/c1-20(2)29-16-13(24-8-7-15(25)23-19(24)27)10-28-14(17(16)30-20)9-22-18(26)11-5-3-4-6-12(11)21/h3-8,13-14,16-17H,9-10H2,1-2H3,(H,22,26)(H,23,25,27)/t13-,14-,16+,17-/m1/s1. The molecule has 1 amide bonds. The molecule has 0 radical (unpaired) electrons. The Morgan fingerprint density at radius 2 is 1.97 bits per heavy atom. The first-order valence-electron chi connectivity index (χ1n) is 9.56. The maximum Gasteiger partial charge on any atom is 0.328 e. The number of rotatable bonds is 4. The number of ether oxygens (including phenoxy) is 3. The number of carbonyl (C=O) groups excluding carboxylic acids is 1. The number of benzene rings is 1. The zero-order chi connectivity index (χ0) is 21.5. The van der Waals surface area contributed by atoms with Crippen molar-refractivity contribution in [3.63, 3.8) is 0 Å². The van der Waals surface area contributed by atoms with Crippen LogP contribution in [0.2, 0.25) is 0 Å². The average Bonchev–Trinajstić information content (AvgIpc) is 3.02. The van der Waals surface area contributed by atoms with Gasteiger partial charge in [-0.1, -0.05) is 12.1 Å². The molecule has 0 unspecified atom stereocenters. The number of halogens is 1. The highest BCUT2D eigenvalue weighted by Gasteiger charge is 2.52. The third kappa shape index (κ3) is 3.93. The van der Waals surface area contributed by atoms with Gasteiger partial charge in [0.25, 0.3) is 11.5 Å². The van der Waals surface area contributed by atoms with Gasteiger partial charge < -0.3 is 19.5 Å². The van der Waals surface area contributed by atoms with Gasteiger partial charge in [-0.25, -0.2) is 9.18 Å². The highest BCUT2D eigenvalue weighted by molar-refractivity contribution is 5.94. The molecule has 10 heteroatoms. The lowest BCUT2D eigenvalue weighted by Gasteiger charge is -2.37. The van der Waals surface area contributed by atoms with E-state index in [-0.39, 0.29) is 18.7 Å². The van der Waals surface area contributed by atoms with E-state index in [1.165, 1.54) is 35.0 Å². The second-order valence-corrected chi connectivity index (χ2v) is 7.71. The molecule has 30 heavy (non-hydrogen) atoms. The molecule has 0 bridgehead atoms. The monoisotopic (exact) mass is 419 g/mol. The van der Waals surface area contributed by atoms with Gasteiger partial charge in [-0.2, -0.15) is 0 Å². The van der Waals surface area contributed by atoms with Crippen molar-refractivity contribution >= 4 is 5.91 Å². The van der Waals surface area contributed by atoms with Crippen molar-refractivity contribution in [3.8, 4) is 0 Å². The summed E-state index contributed by atoms with van der Waals surface area (Å²) >= 11 is 0. The van der Waals surface area contributed by atoms with Crippen LogP contribution in [0.15, 0.2) is 46.1 Å². The van der Waals surface area contributed by atoms with E-state index in [1.54, 1.807) is 19.9 Å². The SMILES string of the molecule is CC1(C)O[C@@H]2[C@H](O1)[C@@H](CNC(=O)c1ccccc1F)OC[C@H]2n1ccc(=O)[nH]c1=O. The van der Waals surface area contributed by atoms with Gasteiger partial charge in [0.2, 0.25) is 0 Å². The molecule has 2 aliphatic heterocycles. The van der Waals surface area contributed by atoms with Crippen molar-refractivity contribution < 1.29 is 23.4 Å². The predicted molar refractivity (Wildman–Crippen MR) is 103 cm³/mol. The second-order valence-electron chi connectivity index (χ2n) is 7.71. The van der Waals surface area contributed by atoms with Gasteiger partial charge in [0.15, 0.2) is 5.79 Å². The molecule has 4 atom stereocenters. The maximum absolute atomic E-state index is 13.8. The summed E-state index contributed by atoms with van der Waals surface area (Å²) in [6.07, 6.45) is -0.310. The number of fused-ring (bicyclic) bond motifs is 1. The first-order valence-corrected chi connectivity index (χ1v) is 9.56. The quantitative estimate of drug-likeness (QED) is 0.749. The number of nitrogens with one attached hydrogen (secondary N) is 2. The molecule has 2 aromatic rings.